The fraction of sp³-hybridized carbons (Fsp3) is 0.0625. The molecule has 4 rings (SSSR count). The van der Waals surface area contributed by atoms with Gasteiger partial charge in [0.15, 0.2) is 0 Å². The summed E-state index contributed by atoms with van der Waals surface area (Å²) in [7, 11) is 0. The van der Waals surface area contributed by atoms with Crippen molar-refractivity contribution in [1.29, 1.82) is 0 Å². The quantitative estimate of drug-likeness (QED) is 0.526. The highest BCUT2D eigenvalue weighted by molar-refractivity contribution is 5.87. The second kappa shape index (κ2) is 4.36. The van der Waals surface area contributed by atoms with E-state index in [9.17, 15) is 0 Å². The number of benzene rings is 1. The van der Waals surface area contributed by atoms with Gasteiger partial charge in [0.25, 0.3) is 0 Å². The smallest absolute Gasteiger partial charge is 0.148 e. The van der Waals surface area contributed by atoms with E-state index < -0.39 is 0 Å². The summed E-state index contributed by atoms with van der Waals surface area (Å²) in [5.41, 5.74) is 17.8. The summed E-state index contributed by atoms with van der Waals surface area (Å²) >= 11 is 0. The average molecular weight is 277 g/mol. The van der Waals surface area contributed by atoms with E-state index in [-0.39, 0.29) is 0 Å². The number of H-pyrrole nitrogens is 1. The Morgan fingerprint density at radius 3 is 2.81 bits per heavy atom. The minimum absolute atomic E-state index is 0.489. The van der Waals surface area contributed by atoms with Crippen LogP contribution in [0.15, 0.2) is 48.8 Å². The second-order valence-corrected chi connectivity index (χ2v) is 5.09. The van der Waals surface area contributed by atoms with Gasteiger partial charge in [-0.1, -0.05) is 6.07 Å². The van der Waals surface area contributed by atoms with Crippen molar-refractivity contribution in [1.82, 2.24) is 14.4 Å². The highest BCUT2D eigenvalue weighted by atomic mass is 15.0. The van der Waals surface area contributed by atoms with Crippen molar-refractivity contribution in [3.05, 3.63) is 54.4 Å². The van der Waals surface area contributed by atoms with Gasteiger partial charge in [-0.3, -0.25) is 0 Å². The van der Waals surface area contributed by atoms with Crippen LogP contribution < -0.4 is 11.5 Å². The van der Waals surface area contributed by atoms with Crippen molar-refractivity contribution in [2.75, 3.05) is 5.73 Å². The van der Waals surface area contributed by atoms with E-state index in [1.54, 1.807) is 0 Å². The van der Waals surface area contributed by atoms with E-state index in [1.807, 2.05) is 36.7 Å². The molecule has 0 aliphatic heterocycles. The standard InChI is InChI=1S/C16H15N5/c17-8-10-6-15-16(18)20-13-7-11(12-2-1-5-19-12)3-4-14(13)21(15)9-10/h1-7,9,19H,8,17H2,(H2,18,20). The molecule has 0 amide bonds. The molecule has 0 radical (unpaired) electrons. The molecule has 0 aliphatic rings. The van der Waals surface area contributed by atoms with Crippen LogP contribution in [0.4, 0.5) is 5.82 Å². The number of fused-ring (bicyclic) bond motifs is 3. The van der Waals surface area contributed by atoms with E-state index in [0.717, 1.165) is 33.4 Å². The zero-order valence-electron chi connectivity index (χ0n) is 11.4. The summed E-state index contributed by atoms with van der Waals surface area (Å²) in [5.74, 6) is 0.519. The van der Waals surface area contributed by atoms with Crippen LogP contribution in [0.1, 0.15) is 5.56 Å². The Bertz CT molecular complexity index is 934. The Labute approximate surface area is 121 Å². The summed E-state index contributed by atoms with van der Waals surface area (Å²) in [6, 6.07) is 12.2. The fourth-order valence-electron chi connectivity index (χ4n) is 2.71. The number of nitrogen functional groups attached to an aromatic ring is 1. The summed E-state index contributed by atoms with van der Waals surface area (Å²) in [4.78, 5) is 7.73. The maximum Gasteiger partial charge on any atom is 0.148 e. The molecule has 0 saturated heterocycles. The van der Waals surface area contributed by atoms with E-state index in [0.29, 0.717) is 12.4 Å². The van der Waals surface area contributed by atoms with Crippen LogP contribution in [-0.2, 0) is 6.54 Å². The maximum atomic E-state index is 6.08. The molecule has 5 heteroatoms. The number of nitrogens with two attached hydrogens (primary N) is 2. The lowest BCUT2D eigenvalue weighted by Gasteiger charge is -2.07. The van der Waals surface area contributed by atoms with Crippen LogP contribution in [0.3, 0.4) is 0 Å². The molecular weight excluding hydrogens is 262 g/mol. The molecular formula is C16H15N5. The first-order valence-corrected chi connectivity index (χ1v) is 6.80. The van der Waals surface area contributed by atoms with Crippen molar-refractivity contribution < 1.29 is 0 Å². The van der Waals surface area contributed by atoms with Crippen LogP contribution in [0.5, 0.6) is 0 Å². The Balaban J connectivity index is 2.02. The molecule has 0 bridgehead atoms. The lowest BCUT2D eigenvalue weighted by Crippen LogP contribution is -1.97. The number of rotatable bonds is 2. The molecule has 5 N–H and O–H groups in total. The Hall–Kier alpha value is -2.79. The molecule has 0 saturated carbocycles. The van der Waals surface area contributed by atoms with E-state index in [4.69, 9.17) is 11.5 Å². The van der Waals surface area contributed by atoms with Crippen molar-refractivity contribution in [2.45, 2.75) is 6.54 Å². The van der Waals surface area contributed by atoms with E-state index >= 15 is 0 Å². The van der Waals surface area contributed by atoms with Crippen LogP contribution in [-0.4, -0.2) is 14.4 Å². The van der Waals surface area contributed by atoms with Crippen LogP contribution in [0.2, 0.25) is 0 Å². The molecule has 3 heterocycles. The summed E-state index contributed by atoms with van der Waals surface area (Å²) in [6.45, 7) is 0.489. The normalized spacial score (nSPS) is 11.5. The third-order valence-electron chi connectivity index (χ3n) is 3.76. The SMILES string of the molecule is NCc1cc2c(N)nc3cc(-c4ccc[nH]4)ccc3n2c1. The second-order valence-electron chi connectivity index (χ2n) is 5.09. The highest BCUT2D eigenvalue weighted by Gasteiger charge is 2.09. The predicted octanol–water partition coefficient (Wildman–Crippen LogP) is 2.52. The number of aromatic nitrogens is 3. The van der Waals surface area contributed by atoms with Gasteiger partial charge in [0, 0.05) is 30.2 Å². The lowest BCUT2D eigenvalue weighted by atomic mass is 10.1. The molecule has 0 atom stereocenters. The van der Waals surface area contributed by atoms with Crippen LogP contribution >= 0.6 is 0 Å². The van der Waals surface area contributed by atoms with Gasteiger partial charge in [0.05, 0.1) is 16.6 Å². The van der Waals surface area contributed by atoms with Gasteiger partial charge >= 0.3 is 0 Å². The lowest BCUT2D eigenvalue weighted by molar-refractivity contribution is 1.07. The van der Waals surface area contributed by atoms with Crippen molar-refractivity contribution >= 4 is 22.4 Å². The first-order valence-electron chi connectivity index (χ1n) is 6.80. The monoisotopic (exact) mass is 277 g/mol. The number of aromatic amines is 1. The van der Waals surface area contributed by atoms with Crippen molar-refractivity contribution in [2.24, 2.45) is 5.73 Å². The summed E-state index contributed by atoms with van der Waals surface area (Å²) in [5, 5.41) is 0. The Morgan fingerprint density at radius 2 is 2.05 bits per heavy atom. The summed E-state index contributed by atoms with van der Waals surface area (Å²) in [6.07, 6.45) is 3.92. The molecule has 4 aromatic rings. The molecule has 1 aromatic carbocycles. The zero-order chi connectivity index (χ0) is 14.4. The first kappa shape index (κ1) is 12.0. The Morgan fingerprint density at radius 1 is 1.14 bits per heavy atom. The topological polar surface area (TPSA) is 85.1 Å². The number of nitrogens with one attached hydrogen (secondary N) is 1. The molecule has 0 aliphatic carbocycles. The molecule has 21 heavy (non-hydrogen) atoms. The van der Waals surface area contributed by atoms with Crippen LogP contribution in [0.25, 0.3) is 27.8 Å². The van der Waals surface area contributed by atoms with Gasteiger partial charge in [0.1, 0.15) is 5.82 Å². The van der Waals surface area contributed by atoms with Crippen molar-refractivity contribution in [3.8, 4) is 11.3 Å². The molecule has 104 valence electrons. The fourth-order valence-corrected chi connectivity index (χ4v) is 2.71. The van der Waals surface area contributed by atoms with E-state index in [1.165, 1.54) is 0 Å². The molecule has 0 fully saturated rings. The number of hydrogen-bond donors (Lipinski definition) is 3. The first-order chi connectivity index (χ1) is 10.3. The van der Waals surface area contributed by atoms with E-state index in [2.05, 4.69) is 26.5 Å². The average Bonchev–Trinajstić information content (AvgIpc) is 3.16. The predicted molar refractivity (Wildman–Crippen MR) is 84.8 cm³/mol. The third kappa shape index (κ3) is 1.79. The van der Waals surface area contributed by atoms with Gasteiger partial charge in [-0.2, -0.15) is 0 Å². The number of anilines is 1. The molecule has 0 unspecified atom stereocenters. The molecule has 3 aromatic heterocycles. The van der Waals surface area contributed by atoms with Gasteiger partial charge < -0.3 is 20.9 Å². The minimum atomic E-state index is 0.489. The van der Waals surface area contributed by atoms with Gasteiger partial charge in [-0.15, -0.1) is 0 Å². The zero-order valence-corrected chi connectivity index (χ0v) is 11.4. The minimum Gasteiger partial charge on any atom is -0.382 e. The third-order valence-corrected chi connectivity index (χ3v) is 3.76. The van der Waals surface area contributed by atoms with Gasteiger partial charge in [-0.05, 0) is 35.9 Å². The van der Waals surface area contributed by atoms with Crippen LogP contribution in [0, 0.1) is 0 Å². The van der Waals surface area contributed by atoms with Gasteiger partial charge in [0.2, 0.25) is 0 Å². The summed E-state index contributed by atoms with van der Waals surface area (Å²) < 4.78 is 2.05. The van der Waals surface area contributed by atoms with Gasteiger partial charge in [-0.25, -0.2) is 4.98 Å². The molecule has 0 spiro atoms. The maximum absolute atomic E-state index is 6.08. The molecule has 5 nitrogen and oxygen atoms in total. The number of nitrogens with zero attached hydrogens (tertiary/aromatic N) is 2. The largest absolute Gasteiger partial charge is 0.382 e. The Kier molecular flexibility index (Phi) is 2.49. The highest BCUT2D eigenvalue weighted by Crippen LogP contribution is 2.26. The number of hydrogen-bond acceptors (Lipinski definition) is 3. The van der Waals surface area contributed by atoms with Crippen molar-refractivity contribution in [3.63, 3.8) is 0 Å².